The molecule has 5 nitrogen and oxygen atoms in total. The van der Waals surface area contributed by atoms with Gasteiger partial charge in [-0.3, -0.25) is 4.79 Å². The van der Waals surface area contributed by atoms with Crippen molar-refractivity contribution in [2.24, 2.45) is 0 Å². The van der Waals surface area contributed by atoms with E-state index in [-0.39, 0.29) is 17.3 Å². The number of hydrogen-bond acceptors (Lipinski definition) is 3. The molecule has 0 saturated heterocycles. The van der Waals surface area contributed by atoms with Gasteiger partial charge >= 0.3 is 5.97 Å². The van der Waals surface area contributed by atoms with Crippen molar-refractivity contribution >= 4 is 35.4 Å². The van der Waals surface area contributed by atoms with Crippen LogP contribution in [0.25, 0.3) is 6.08 Å². The first-order chi connectivity index (χ1) is 10.1. The molecule has 2 rings (SSSR count). The molecule has 2 N–H and O–H groups in total. The van der Waals surface area contributed by atoms with E-state index in [2.05, 4.69) is 10.3 Å². The fourth-order valence-electron chi connectivity index (χ4n) is 1.54. The van der Waals surface area contributed by atoms with Crippen LogP contribution >= 0.6 is 11.6 Å². The Morgan fingerprint density at radius 3 is 2.57 bits per heavy atom. The van der Waals surface area contributed by atoms with Crippen molar-refractivity contribution in [3.05, 3.63) is 64.8 Å². The molecule has 0 fully saturated rings. The summed E-state index contributed by atoms with van der Waals surface area (Å²) in [5.74, 6) is -1.18. The monoisotopic (exact) mass is 302 g/mol. The molecule has 2 aromatic rings. The lowest BCUT2D eigenvalue weighted by molar-refractivity contribution is -0.111. The highest BCUT2D eigenvalue weighted by Crippen LogP contribution is 2.16. The summed E-state index contributed by atoms with van der Waals surface area (Å²) in [6.45, 7) is 0. The molecule has 0 atom stereocenters. The second kappa shape index (κ2) is 6.67. The third-order valence-electron chi connectivity index (χ3n) is 2.58. The van der Waals surface area contributed by atoms with Crippen molar-refractivity contribution in [3.8, 4) is 0 Å². The number of benzene rings is 1. The highest BCUT2D eigenvalue weighted by molar-refractivity contribution is 6.32. The number of rotatable bonds is 4. The van der Waals surface area contributed by atoms with Crippen molar-refractivity contribution in [2.45, 2.75) is 0 Å². The SMILES string of the molecule is O=C(C=Cc1ccccc1Cl)Nc1ccc(C(=O)O)cn1. The largest absolute Gasteiger partial charge is 0.478 e. The summed E-state index contributed by atoms with van der Waals surface area (Å²) in [5, 5.41) is 11.8. The Hall–Kier alpha value is -2.66. The number of carboxylic acids is 1. The van der Waals surface area contributed by atoms with Gasteiger partial charge in [-0.05, 0) is 29.8 Å². The number of nitrogens with zero attached hydrogens (tertiary/aromatic N) is 1. The number of nitrogens with one attached hydrogen (secondary N) is 1. The Labute approximate surface area is 125 Å². The van der Waals surface area contributed by atoms with Crippen molar-refractivity contribution in [3.63, 3.8) is 0 Å². The summed E-state index contributed by atoms with van der Waals surface area (Å²) >= 11 is 5.96. The van der Waals surface area contributed by atoms with Crippen LogP contribution in [0.2, 0.25) is 5.02 Å². The molecule has 0 spiro atoms. The maximum atomic E-state index is 11.7. The van der Waals surface area contributed by atoms with E-state index in [0.717, 1.165) is 5.56 Å². The number of hydrogen-bond donors (Lipinski definition) is 2. The minimum atomic E-state index is -1.07. The highest BCUT2D eigenvalue weighted by Gasteiger charge is 2.04. The smallest absolute Gasteiger partial charge is 0.337 e. The molecule has 1 aromatic heterocycles. The average Bonchev–Trinajstić information content (AvgIpc) is 2.47. The zero-order valence-corrected chi connectivity index (χ0v) is 11.5. The van der Waals surface area contributed by atoms with Gasteiger partial charge in [-0.15, -0.1) is 0 Å². The standard InChI is InChI=1S/C15H11ClN2O3/c16-12-4-2-1-3-10(12)6-8-14(19)18-13-7-5-11(9-17-13)15(20)21/h1-9H,(H,20,21)(H,17,18,19). The first-order valence-corrected chi connectivity index (χ1v) is 6.37. The fourth-order valence-corrected chi connectivity index (χ4v) is 1.74. The van der Waals surface area contributed by atoms with Crippen LogP contribution in [-0.4, -0.2) is 22.0 Å². The third kappa shape index (κ3) is 4.15. The number of carbonyl (C=O) groups excluding carboxylic acids is 1. The van der Waals surface area contributed by atoms with E-state index in [0.29, 0.717) is 5.02 Å². The zero-order valence-electron chi connectivity index (χ0n) is 10.8. The van der Waals surface area contributed by atoms with Crippen LogP contribution in [0.5, 0.6) is 0 Å². The predicted molar refractivity (Wildman–Crippen MR) is 80.3 cm³/mol. The fraction of sp³-hybridized carbons (Fsp3) is 0. The van der Waals surface area contributed by atoms with Gasteiger partial charge in [0.05, 0.1) is 5.56 Å². The minimum absolute atomic E-state index is 0.0552. The van der Waals surface area contributed by atoms with Gasteiger partial charge in [0.15, 0.2) is 0 Å². The van der Waals surface area contributed by atoms with Crippen LogP contribution in [0.15, 0.2) is 48.7 Å². The predicted octanol–water partition coefficient (Wildman–Crippen LogP) is 3.09. The molecule has 106 valence electrons. The Kier molecular flexibility index (Phi) is 4.68. The van der Waals surface area contributed by atoms with Crippen molar-refractivity contribution in [1.82, 2.24) is 4.98 Å². The van der Waals surface area contributed by atoms with Gasteiger partial charge in [0.1, 0.15) is 5.82 Å². The lowest BCUT2D eigenvalue weighted by atomic mass is 10.2. The summed E-state index contributed by atoms with van der Waals surface area (Å²) in [5.41, 5.74) is 0.781. The summed E-state index contributed by atoms with van der Waals surface area (Å²) in [7, 11) is 0. The van der Waals surface area contributed by atoms with Crippen LogP contribution in [-0.2, 0) is 4.79 Å². The molecule has 0 unspecified atom stereocenters. The van der Waals surface area contributed by atoms with E-state index < -0.39 is 5.97 Å². The van der Waals surface area contributed by atoms with Gasteiger partial charge in [-0.1, -0.05) is 29.8 Å². The van der Waals surface area contributed by atoms with E-state index in [1.54, 1.807) is 24.3 Å². The molecule has 0 aliphatic rings. The highest BCUT2D eigenvalue weighted by atomic mass is 35.5. The van der Waals surface area contributed by atoms with Crippen molar-refractivity contribution < 1.29 is 14.7 Å². The Bertz CT molecular complexity index is 696. The molecule has 0 saturated carbocycles. The van der Waals surface area contributed by atoms with Gasteiger partial charge in [0.25, 0.3) is 0 Å². The molecule has 0 aliphatic heterocycles. The summed E-state index contributed by atoms with van der Waals surface area (Å²) in [6, 6.07) is 9.91. The number of anilines is 1. The van der Waals surface area contributed by atoms with E-state index in [4.69, 9.17) is 16.7 Å². The number of carboxylic acid groups (broad SMARTS) is 1. The van der Waals surface area contributed by atoms with Crippen molar-refractivity contribution in [1.29, 1.82) is 0 Å². The number of aromatic nitrogens is 1. The summed E-state index contributed by atoms with van der Waals surface area (Å²) < 4.78 is 0. The van der Waals surface area contributed by atoms with E-state index in [1.807, 2.05) is 6.07 Å². The Balaban J connectivity index is 2.02. The molecular weight excluding hydrogens is 292 g/mol. The minimum Gasteiger partial charge on any atom is -0.478 e. The van der Waals surface area contributed by atoms with Crippen LogP contribution in [0.3, 0.4) is 0 Å². The Morgan fingerprint density at radius 1 is 1.19 bits per heavy atom. The second-order valence-corrected chi connectivity index (χ2v) is 4.49. The third-order valence-corrected chi connectivity index (χ3v) is 2.93. The first kappa shape index (κ1) is 14.7. The molecule has 1 amide bonds. The van der Waals surface area contributed by atoms with Crippen LogP contribution in [0.4, 0.5) is 5.82 Å². The maximum absolute atomic E-state index is 11.7. The number of pyridine rings is 1. The van der Waals surface area contributed by atoms with Gasteiger partial charge in [0.2, 0.25) is 5.91 Å². The zero-order chi connectivity index (χ0) is 15.2. The van der Waals surface area contributed by atoms with E-state index in [9.17, 15) is 9.59 Å². The quantitative estimate of drug-likeness (QED) is 0.851. The van der Waals surface area contributed by atoms with Crippen molar-refractivity contribution in [2.75, 3.05) is 5.32 Å². The van der Waals surface area contributed by atoms with Crippen LogP contribution in [0, 0.1) is 0 Å². The molecule has 21 heavy (non-hydrogen) atoms. The molecule has 0 bridgehead atoms. The number of carbonyl (C=O) groups is 2. The van der Waals surface area contributed by atoms with Gasteiger partial charge < -0.3 is 10.4 Å². The maximum Gasteiger partial charge on any atom is 0.337 e. The molecular formula is C15H11ClN2O3. The van der Waals surface area contributed by atoms with E-state index >= 15 is 0 Å². The molecule has 1 heterocycles. The average molecular weight is 303 g/mol. The molecule has 0 aliphatic carbocycles. The first-order valence-electron chi connectivity index (χ1n) is 5.99. The number of amides is 1. The molecule has 0 radical (unpaired) electrons. The number of halogens is 1. The Morgan fingerprint density at radius 2 is 1.95 bits per heavy atom. The lowest BCUT2D eigenvalue weighted by Crippen LogP contribution is -2.09. The van der Waals surface area contributed by atoms with Crippen LogP contribution < -0.4 is 5.32 Å². The normalized spacial score (nSPS) is 10.5. The van der Waals surface area contributed by atoms with Crippen LogP contribution in [0.1, 0.15) is 15.9 Å². The lowest BCUT2D eigenvalue weighted by Gasteiger charge is -2.01. The van der Waals surface area contributed by atoms with Gasteiger partial charge in [-0.2, -0.15) is 0 Å². The summed E-state index contributed by atoms with van der Waals surface area (Å²) in [6.07, 6.45) is 4.09. The second-order valence-electron chi connectivity index (χ2n) is 4.08. The van der Waals surface area contributed by atoms with Gasteiger partial charge in [0, 0.05) is 17.3 Å². The topological polar surface area (TPSA) is 79.3 Å². The van der Waals surface area contributed by atoms with E-state index in [1.165, 1.54) is 24.4 Å². The number of aromatic carboxylic acids is 1. The molecule has 6 heteroatoms. The van der Waals surface area contributed by atoms with Gasteiger partial charge in [-0.25, -0.2) is 9.78 Å². The molecule has 1 aromatic carbocycles. The summed E-state index contributed by atoms with van der Waals surface area (Å²) in [4.78, 5) is 26.2.